The topological polar surface area (TPSA) is 64.3 Å². The standard InChI is InChI=1S/C12H18N2O2/c1-2-16-12(15)14-9-11(13)8-10-6-4-3-5-7-10/h3-7,11H,2,8-9,13H2,1H3,(H,14,15)/t11-/m1/s1. The molecule has 3 N–H and O–H groups in total. The average molecular weight is 222 g/mol. The number of ether oxygens (including phenoxy) is 1. The molecular formula is C12H18N2O2. The van der Waals surface area contributed by atoms with Gasteiger partial charge in [-0.25, -0.2) is 4.79 Å². The molecule has 0 aliphatic rings. The maximum Gasteiger partial charge on any atom is 0.407 e. The van der Waals surface area contributed by atoms with Crippen molar-refractivity contribution in [2.75, 3.05) is 13.2 Å². The van der Waals surface area contributed by atoms with E-state index in [0.29, 0.717) is 13.2 Å². The van der Waals surface area contributed by atoms with Crippen molar-refractivity contribution < 1.29 is 9.53 Å². The van der Waals surface area contributed by atoms with Crippen molar-refractivity contribution in [3.05, 3.63) is 35.9 Å². The molecule has 0 saturated carbocycles. The van der Waals surface area contributed by atoms with Gasteiger partial charge < -0.3 is 15.8 Å². The van der Waals surface area contributed by atoms with Crippen LogP contribution in [0, 0.1) is 0 Å². The third-order valence-electron chi connectivity index (χ3n) is 2.12. The summed E-state index contributed by atoms with van der Waals surface area (Å²) in [5.74, 6) is 0. The zero-order chi connectivity index (χ0) is 11.8. The van der Waals surface area contributed by atoms with Gasteiger partial charge in [0.25, 0.3) is 0 Å². The van der Waals surface area contributed by atoms with Crippen LogP contribution in [0.5, 0.6) is 0 Å². The van der Waals surface area contributed by atoms with E-state index in [2.05, 4.69) is 5.32 Å². The molecule has 0 unspecified atom stereocenters. The fraction of sp³-hybridized carbons (Fsp3) is 0.417. The summed E-state index contributed by atoms with van der Waals surface area (Å²) < 4.78 is 4.74. The highest BCUT2D eigenvalue weighted by Gasteiger charge is 2.06. The minimum atomic E-state index is -0.411. The van der Waals surface area contributed by atoms with E-state index in [4.69, 9.17) is 10.5 Å². The fourth-order valence-electron chi connectivity index (χ4n) is 1.39. The van der Waals surface area contributed by atoms with E-state index in [1.54, 1.807) is 6.92 Å². The van der Waals surface area contributed by atoms with Crippen LogP contribution in [0.4, 0.5) is 4.79 Å². The lowest BCUT2D eigenvalue weighted by atomic mass is 10.1. The Morgan fingerprint density at radius 2 is 2.12 bits per heavy atom. The molecule has 0 spiro atoms. The molecule has 0 aliphatic carbocycles. The van der Waals surface area contributed by atoms with E-state index in [1.807, 2.05) is 30.3 Å². The Kier molecular flexibility index (Phi) is 5.36. The summed E-state index contributed by atoms with van der Waals surface area (Å²) >= 11 is 0. The maximum atomic E-state index is 11.0. The number of hydrogen-bond donors (Lipinski definition) is 2. The first-order chi connectivity index (χ1) is 7.72. The third-order valence-corrected chi connectivity index (χ3v) is 2.12. The van der Waals surface area contributed by atoms with Gasteiger partial charge in [-0.3, -0.25) is 0 Å². The largest absolute Gasteiger partial charge is 0.450 e. The molecule has 0 aliphatic heterocycles. The molecule has 0 heterocycles. The Labute approximate surface area is 95.8 Å². The predicted octanol–water partition coefficient (Wildman–Crippen LogP) is 1.30. The van der Waals surface area contributed by atoms with Crippen LogP contribution in [0.1, 0.15) is 12.5 Å². The second kappa shape index (κ2) is 6.85. The molecule has 88 valence electrons. The van der Waals surface area contributed by atoms with Crippen molar-refractivity contribution in [2.24, 2.45) is 5.73 Å². The molecule has 4 heteroatoms. The second-order valence-electron chi connectivity index (χ2n) is 3.55. The molecule has 1 atom stereocenters. The fourth-order valence-corrected chi connectivity index (χ4v) is 1.39. The lowest BCUT2D eigenvalue weighted by molar-refractivity contribution is 0.151. The van der Waals surface area contributed by atoms with Crippen molar-refractivity contribution in [1.82, 2.24) is 5.32 Å². The summed E-state index contributed by atoms with van der Waals surface area (Å²) in [6.07, 6.45) is 0.332. The first kappa shape index (κ1) is 12.5. The van der Waals surface area contributed by atoms with Gasteiger partial charge in [0, 0.05) is 12.6 Å². The van der Waals surface area contributed by atoms with Gasteiger partial charge in [0.1, 0.15) is 0 Å². The molecule has 0 radical (unpaired) electrons. The number of amides is 1. The van der Waals surface area contributed by atoms with Gasteiger partial charge in [-0.2, -0.15) is 0 Å². The molecule has 0 fully saturated rings. The van der Waals surface area contributed by atoms with Crippen molar-refractivity contribution in [2.45, 2.75) is 19.4 Å². The molecule has 1 amide bonds. The van der Waals surface area contributed by atoms with Crippen LogP contribution in [-0.2, 0) is 11.2 Å². The first-order valence-electron chi connectivity index (χ1n) is 5.42. The van der Waals surface area contributed by atoms with Crippen LogP contribution in [0.15, 0.2) is 30.3 Å². The van der Waals surface area contributed by atoms with Gasteiger partial charge in [-0.05, 0) is 18.9 Å². The summed E-state index contributed by atoms with van der Waals surface area (Å²) in [5.41, 5.74) is 7.05. The SMILES string of the molecule is CCOC(=O)NC[C@H](N)Cc1ccccc1. The number of nitrogens with one attached hydrogen (secondary N) is 1. The summed E-state index contributed by atoms with van der Waals surface area (Å²) in [5, 5.41) is 2.62. The van der Waals surface area contributed by atoms with Gasteiger partial charge in [0.2, 0.25) is 0 Å². The van der Waals surface area contributed by atoms with Gasteiger partial charge in [-0.15, -0.1) is 0 Å². The van der Waals surface area contributed by atoms with Gasteiger partial charge >= 0.3 is 6.09 Å². The molecule has 1 rings (SSSR count). The molecule has 0 saturated heterocycles. The Morgan fingerprint density at radius 3 is 2.75 bits per heavy atom. The zero-order valence-corrected chi connectivity index (χ0v) is 9.48. The average Bonchev–Trinajstić information content (AvgIpc) is 2.28. The van der Waals surface area contributed by atoms with E-state index < -0.39 is 6.09 Å². The van der Waals surface area contributed by atoms with Gasteiger partial charge in [0.15, 0.2) is 0 Å². The van der Waals surface area contributed by atoms with Crippen LogP contribution in [0.3, 0.4) is 0 Å². The minimum Gasteiger partial charge on any atom is -0.450 e. The van der Waals surface area contributed by atoms with E-state index in [0.717, 1.165) is 6.42 Å². The number of alkyl carbamates (subject to hydrolysis) is 1. The number of carbonyl (C=O) groups is 1. The first-order valence-corrected chi connectivity index (χ1v) is 5.42. The second-order valence-corrected chi connectivity index (χ2v) is 3.55. The van der Waals surface area contributed by atoms with Crippen molar-refractivity contribution in [3.8, 4) is 0 Å². The molecule has 1 aromatic rings. The Morgan fingerprint density at radius 1 is 1.44 bits per heavy atom. The van der Waals surface area contributed by atoms with E-state index >= 15 is 0 Å². The van der Waals surface area contributed by atoms with E-state index in [-0.39, 0.29) is 6.04 Å². The van der Waals surface area contributed by atoms with E-state index in [9.17, 15) is 4.79 Å². The number of rotatable bonds is 5. The third kappa shape index (κ3) is 4.79. The highest BCUT2D eigenvalue weighted by molar-refractivity contribution is 5.67. The molecule has 0 aromatic heterocycles. The molecule has 0 bridgehead atoms. The normalized spacial score (nSPS) is 11.9. The van der Waals surface area contributed by atoms with Crippen LogP contribution in [0.2, 0.25) is 0 Å². The van der Waals surface area contributed by atoms with E-state index in [1.165, 1.54) is 5.56 Å². The molecule has 4 nitrogen and oxygen atoms in total. The molecule has 16 heavy (non-hydrogen) atoms. The monoisotopic (exact) mass is 222 g/mol. The van der Waals surface area contributed by atoms with Crippen LogP contribution >= 0.6 is 0 Å². The van der Waals surface area contributed by atoms with Crippen LogP contribution in [0.25, 0.3) is 0 Å². The predicted molar refractivity (Wildman–Crippen MR) is 63.1 cm³/mol. The Hall–Kier alpha value is -1.55. The van der Waals surface area contributed by atoms with Crippen LogP contribution < -0.4 is 11.1 Å². The van der Waals surface area contributed by atoms with Crippen molar-refractivity contribution >= 4 is 6.09 Å². The van der Waals surface area contributed by atoms with Gasteiger partial charge in [-0.1, -0.05) is 30.3 Å². The lowest BCUT2D eigenvalue weighted by Gasteiger charge is -2.12. The van der Waals surface area contributed by atoms with Crippen molar-refractivity contribution in [3.63, 3.8) is 0 Å². The number of nitrogens with two attached hydrogens (primary N) is 1. The lowest BCUT2D eigenvalue weighted by Crippen LogP contribution is -2.38. The highest BCUT2D eigenvalue weighted by atomic mass is 16.5. The van der Waals surface area contributed by atoms with Crippen LogP contribution in [-0.4, -0.2) is 25.3 Å². The summed E-state index contributed by atoms with van der Waals surface area (Å²) in [4.78, 5) is 11.0. The quantitative estimate of drug-likeness (QED) is 0.789. The number of benzene rings is 1. The highest BCUT2D eigenvalue weighted by Crippen LogP contribution is 2.01. The van der Waals surface area contributed by atoms with Gasteiger partial charge in [0.05, 0.1) is 6.61 Å². The summed E-state index contributed by atoms with van der Waals surface area (Å²) in [6.45, 7) is 2.57. The molecular weight excluding hydrogens is 204 g/mol. The Balaban J connectivity index is 2.26. The summed E-state index contributed by atoms with van der Waals surface area (Å²) in [7, 11) is 0. The van der Waals surface area contributed by atoms with Crippen molar-refractivity contribution in [1.29, 1.82) is 0 Å². The zero-order valence-electron chi connectivity index (χ0n) is 9.48. The maximum absolute atomic E-state index is 11.0. The Bertz CT molecular complexity index is 314. The number of hydrogen-bond acceptors (Lipinski definition) is 3. The minimum absolute atomic E-state index is 0.0909. The summed E-state index contributed by atoms with van der Waals surface area (Å²) in [6, 6.07) is 9.86. The number of carbonyl (C=O) groups excluding carboxylic acids is 1. The molecule has 1 aromatic carbocycles. The smallest absolute Gasteiger partial charge is 0.407 e.